The molecule has 4 aromatic rings. The minimum Gasteiger partial charge on any atom is -0.468 e. The summed E-state index contributed by atoms with van der Waals surface area (Å²) in [5.41, 5.74) is 2.92. The molecule has 2 N–H and O–H groups in total. The number of likely N-dealkylation sites (tertiary alicyclic amines) is 1. The highest BCUT2D eigenvalue weighted by Gasteiger charge is 2.33. The van der Waals surface area contributed by atoms with Crippen LogP contribution < -0.4 is 14.8 Å². The molecule has 0 radical (unpaired) electrons. The SMILES string of the molecule is COCOc1ccc(C(=O)N[C@@H]2CN(C(=O)O)CCC[C@H]2OC(=O)c2ccc(C(=O)c3cc(-c4ccccc4)ccc3OCOC)cc2)cc1. The van der Waals surface area contributed by atoms with Crippen LogP contribution in [0.1, 0.15) is 49.5 Å². The van der Waals surface area contributed by atoms with Gasteiger partial charge in [-0.1, -0.05) is 48.5 Å². The van der Waals surface area contributed by atoms with Gasteiger partial charge in [-0.05, 0) is 72.5 Å². The molecular weight excluding hydrogens is 644 g/mol. The van der Waals surface area contributed by atoms with Crippen molar-refractivity contribution in [2.75, 3.05) is 40.9 Å². The molecule has 0 bridgehead atoms. The van der Waals surface area contributed by atoms with Gasteiger partial charge in [-0.15, -0.1) is 0 Å². The van der Waals surface area contributed by atoms with Crippen LogP contribution >= 0.6 is 0 Å². The average Bonchev–Trinajstić information content (AvgIpc) is 3.35. The molecule has 1 aliphatic heterocycles. The predicted octanol–water partition coefficient (Wildman–Crippen LogP) is 5.65. The molecule has 1 heterocycles. The Balaban J connectivity index is 1.31. The molecule has 2 atom stereocenters. The molecule has 12 nitrogen and oxygen atoms in total. The Morgan fingerprint density at radius 2 is 1.44 bits per heavy atom. The zero-order valence-corrected chi connectivity index (χ0v) is 27.7. The molecule has 12 heteroatoms. The Kier molecular flexibility index (Phi) is 12.2. The molecule has 0 saturated carbocycles. The van der Waals surface area contributed by atoms with Gasteiger partial charge in [0.25, 0.3) is 5.91 Å². The van der Waals surface area contributed by atoms with Crippen LogP contribution in [0.5, 0.6) is 11.5 Å². The largest absolute Gasteiger partial charge is 0.468 e. The van der Waals surface area contributed by atoms with Crippen LogP contribution in [-0.4, -0.2) is 86.8 Å². The van der Waals surface area contributed by atoms with Crippen molar-refractivity contribution in [2.45, 2.75) is 25.0 Å². The molecule has 1 aliphatic rings. The van der Waals surface area contributed by atoms with E-state index in [0.717, 1.165) is 11.1 Å². The van der Waals surface area contributed by atoms with Crippen molar-refractivity contribution in [3.8, 4) is 22.6 Å². The van der Waals surface area contributed by atoms with Gasteiger partial charge in [-0.2, -0.15) is 0 Å². The molecule has 260 valence electrons. The number of carbonyl (C=O) groups excluding carboxylic acids is 3. The van der Waals surface area contributed by atoms with E-state index < -0.39 is 30.1 Å². The minimum absolute atomic E-state index is 0.0430. The predicted molar refractivity (Wildman–Crippen MR) is 182 cm³/mol. The summed E-state index contributed by atoms with van der Waals surface area (Å²) >= 11 is 0. The fourth-order valence-corrected chi connectivity index (χ4v) is 5.55. The molecule has 0 aliphatic carbocycles. The van der Waals surface area contributed by atoms with E-state index in [1.165, 1.54) is 43.4 Å². The van der Waals surface area contributed by atoms with Crippen LogP contribution in [-0.2, 0) is 14.2 Å². The molecule has 0 spiro atoms. The summed E-state index contributed by atoms with van der Waals surface area (Å²) in [4.78, 5) is 53.4. The standard InChI is InChI=1S/C38H38N2O10/c1-46-23-48-30-17-14-27(15-18-30)36(42)39-32-22-40(38(44)45)20-6-9-34(32)50-37(43)28-12-10-26(11-13-28)35(41)31-21-29(25-7-4-3-5-8-25)16-19-33(31)49-24-47-2/h3-5,7-8,10-19,21,32,34H,6,9,20,22-24H2,1-2H3,(H,39,42)(H,44,45)/t32-,34-/m1/s1. The van der Waals surface area contributed by atoms with E-state index in [1.807, 2.05) is 36.4 Å². The van der Waals surface area contributed by atoms with Crippen LogP contribution in [0, 0.1) is 0 Å². The van der Waals surface area contributed by atoms with Crippen molar-refractivity contribution in [3.05, 3.63) is 119 Å². The number of hydrogen-bond donors (Lipinski definition) is 2. The monoisotopic (exact) mass is 682 g/mol. The van der Waals surface area contributed by atoms with Gasteiger partial charge in [-0.3, -0.25) is 9.59 Å². The summed E-state index contributed by atoms with van der Waals surface area (Å²) in [7, 11) is 2.99. The van der Waals surface area contributed by atoms with Crippen molar-refractivity contribution in [1.82, 2.24) is 10.2 Å². The number of carboxylic acid groups (broad SMARTS) is 1. The number of methoxy groups -OCH3 is 2. The van der Waals surface area contributed by atoms with Gasteiger partial charge in [-0.25, -0.2) is 9.59 Å². The van der Waals surface area contributed by atoms with Crippen molar-refractivity contribution in [1.29, 1.82) is 0 Å². The van der Waals surface area contributed by atoms with E-state index in [0.29, 0.717) is 41.0 Å². The van der Waals surface area contributed by atoms with Crippen LogP contribution in [0.3, 0.4) is 0 Å². The number of nitrogens with zero attached hydrogens (tertiary/aromatic N) is 1. The molecule has 50 heavy (non-hydrogen) atoms. The lowest BCUT2D eigenvalue weighted by Gasteiger charge is -2.28. The Morgan fingerprint density at radius 3 is 2.12 bits per heavy atom. The molecule has 0 unspecified atom stereocenters. The molecular formula is C38H38N2O10. The number of ketones is 1. The first kappa shape index (κ1) is 35.6. The van der Waals surface area contributed by atoms with Crippen LogP contribution in [0.2, 0.25) is 0 Å². The third kappa shape index (κ3) is 9.04. The molecule has 5 rings (SSSR count). The number of esters is 1. The van der Waals surface area contributed by atoms with Crippen molar-refractivity contribution in [2.24, 2.45) is 0 Å². The third-order valence-corrected chi connectivity index (χ3v) is 8.13. The zero-order chi connectivity index (χ0) is 35.5. The van der Waals surface area contributed by atoms with E-state index in [4.69, 9.17) is 23.7 Å². The highest BCUT2D eigenvalue weighted by molar-refractivity contribution is 6.11. The van der Waals surface area contributed by atoms with Gasteiger partial charge < -0.3 is 39.0 Å². The second kappa shape index (κ2) is 17.1. The number of benzene rings is 4. The Bertz CT molecular complexity index is 1780. The summed E-state index contributed by atoms with van der Waals surface area (Å²) in [6.45, 7) is 0.160. The fourth-order valence-electron chi connectivity index (χ4n) is 5.55. The Hall–Kier alpha value is -5.72. The maximum Gasteiger partial charge on any atom is 0.407 e. The molecule has 0 aromatic heterocycles. The van der Waals surface area contributed by atoms with Gasteiger partial charge in [0.15, 0.2) is 19.4 Å². The second-order valence-corrected chi connectivity index (χ2v) is 11.5. The first-order valence-corrected chi connectivity index (χ1v) is 15.9. The number of ether oxygens (including phenoxy) is 5. The van der Waals surface area contributed by atoms with Crippen molar-refractivity contribution >= 4 is 23.8 Å². The maximum absolute atomic E-state index is 13.7. The summed E-state index contributed by atoms with van der Waals surface area (Å²) < 4.78 is 26.9. The Morgan fingerprint density at radius 1 is 0.780 bits per heavy atom. The summed E-state index contributed by atoms with van der Waals surface area (Å²) in [6.07, 6.45) is -1.21. The summed E-state index contributed by atoms with van der Waals surface area (Å²) in [6, 6.07) is 26.6. The highest BCUT2D eigenvalue weighted by Crippen LogP contribution is 2.29. The lowest BCUT2D eigenvalue weighted by atomic mass is 9.96. The third-order valence-electron chi connectivity index (χ3n) is 8.13. The van der Waals surface area contributed by atoms with E-state index in [2.05, 4.69) is 5.32 Å². The summed E-state index contributed by atoms with van der Waals surface area (Å²) in [5, 5.41) is 12.6. The second-order valence-electron chi connectivity index (χ2n) is 11.5. The molecule has 4 aromatic carbocycles. The highest BCUT2D eigenvalue weighted by atomic mass is 16.7. The van der Waals surface area contributed by atoms with E-state index in [1.54, 1.807) is 36.4 Å². The normalized spacial score (nSPS) is 15.8. The first-order valence-electron chi connectivity index (χ1n) is 15.9. The lowest BCUT2D eigenvalue weighted by Crippen LogP contribution is -2.51. The maximum atomic E-state index is 13.7. The fraction of sp³-hybridized carbons (Fsp3) is 0.263. The molecule has 2 amide bonds. The number of carbonyl (C=O) groups is 4. The Labute approximate surface area is 289 Å². The van der Waals surface area contributed by atoms with Crippen molar-refractivity contribution < 1.29 is 48.0 Å². The topological polar surface area (TPSA) is 150 Å². The number of nitrogens with one attached hydrogen (secondary N) is 1. The molecule has 1 fully saturated rings. The van der Waals surface area contributed by atoms with E-state index in [9.17, 15) is 24.3 Å². The van der Waals surface area contributed by atoms with Gasteiger partial charge >= 0.3 is 12.1 Å². The van der Waals surface area contributed by atoms with Gasteiger partial charge in [0.2, 0.25) is 0 Å². The number of hydrogen-bond acceptors (Lipinski definition) is 9. The average molecular weight is 683 g/mol. The van der Waals surface area contributed by atoms with Crippen LogP contribution in [0.25, 0.3) is 11.1 Å². The lowest BCUT2D eigenvalue weighted by molar-refractivity contribution is 0.0179. The smallest absolute Gasteiger partial charge is 0.407 e. The minimum atomic E-state index is -1.14. The number of rotatable bonds is 13. The van der Waals surface area contributed by atoms with Crippen molar-refractivity contribution in [3.63, 3.8) is 0 Å². The van der Waals surface area contributed by atoms with Crippen LogP contribution in [0.4, 0.5) is 4.79 Å². The molecule has 1 saturated heterocycles. The van der Waals surface area contributed by atoms with Gasteiger partial charge in [0.1, 0.15) is 17.6 Å². The number of amides is 2. The van der Waals surface area contributed by atoms with Crippen LogP contribution in [0.15, 0.2) is 97.1 Å². The van der Waals surface area contributed by atoms with E-state index in [-0.39, 0.29) is 38.0 Å². The van der Waals surface area contributed by atoms with Gasteiger partial charge in [0, 0.05) is 38.4 Å². The summed E-state index contributed by atoms with van der Waals surface area (Å²) in [5.74, 6) is -0.587. The van der Waals surface area contributed by atoms with Gasteiger partial charge in [0.05, 0.1) is 17.2 Å². The van der Waals surface area contributed by atoms with E-state index >= 15 is 0 Å². The zero-order valence-electron chi connectivity index (χ0n) is 27.7. The first-order chi connectivity index (χ1) is 24.3. The quantitative estimate of drug-likeness (QED) is 0.103.